The Morgan fingerprint density at radius 1 is 1.69 bits per heavy atom. The van der Waals surface area contributed by atoms with Gasteiger partial charge in [-0.05, 0) is 6.42 Å². The van der Waals surface area contributed by atoms with Gasteiger partial charge in [-0.25, -0.2) is 0 Å². The molecule has 0 spiro atoms. The molecular formula is C9H16N2O2. The molecule has 0 bridgehead atoms. The van der Waals surface area contributed by atoms with E-state index >= 15 is 0 Å². The van der Waals surface area contributed by atoms with E-state index in [1.165, 1.54) is 0 Å². The van der Waals surface area contributed by atoms with Crippen molar-refractivity contribution in [1.29, 1.82) is 0 Å². The summed E-state index contributed by atoms with van der Waals surface area (Å²) in [6.07, 6.45) is 2.66. The Hall–Kier alpha value is -0.870. The zero-order chi connectivity index (χ0) is 9.68. The molecule has 0 saturated carbocycles. The third-order valence-corrected chi connectivity index (χ3v) is 2.02. The number of likely N-dealkylation sites (tertiary alicyclic amines) is 1. The molecule has 74 valence electrons. The zero-order valence-electron chi connectivity index (χ0n) is 7.74. The summed E-state index contributed by atoms with van der Waals surface area (Å²) in [4.78, 5) is 12.7. The molecule has 4 heteroatoms. The maximum atomic E-state index is 11.0. The van der Waals surface area contributed by atoms with E-state index in [4.69, 9.17) is 10.5 Å². The average Bonchev–Trinajstić information content (AvgIpc) is 2.15. The van der Waals surface area contributed by atoms with Crippen molar-refractivity contribution in [2.75, 3.05) is 26.3 Å². The van der Waals surface area contributed by atoms with Gasteiger partial charge in [0.05, 0.1) is 13.2 Å². The highest BCUT2D eigenvalue weighted by molar-refractivity contribution is 5.87. The highest BCUT2D eigenvalue weighted by atomic mass is 16.5. The van der Waals surface area contributed by atoms with Crippen LogP contribution in [-0.4, -0.2) is 43.2 Å². The summed E-state index contributed by atoms with van der Waals surface area (Å²) in [6, 6.07) is -0.270. The quantitative estimate of drug-likeness (QED) is 0.352. The minimum Gasteiger partial charge on any atom is -0.379 e. The number of hydrogen-bond donors (Lipinski definition) is 1. The summed E-state index contributed by atoms with van der Waals surface area (Å²) in [7, 11) is 0. The number of hydrogen-bond acceptors (Lipinski definition) is 3. The van der Waals surface area contributed by atoms with Crippen LogP contribution in [0.4, 0.5) is 0 Å². The molecule has 0 aromatic rings. The first-order valence-corrected chi connectivity index (χ1v) is 4.48. The molecule has 1 aliphatic rings. The van der Waals surface area contributed by atoms with Gasteiger partial charge in [-0.1, -0.05) is 6.08 Å². The van der Waals surface area contributed by atoms with E-state index in [1.807, 2.05) is 6.08 Å². The fraction of sp³-hybridized carbons (Fsp3) is 0.667. The molecule has 2 N–H and O–H groups in total. The van der Waals surface area contributed by atoms with Crippen molar-refractivity contribution < 1.29 is 9.53 Å². The first-order valence-electron chi connectivity index (χ1n) is 4.48. The maximum absolute atomic E-state index is 11.0. The van der Waals surface area contributed by atoms with Crippen LogP contribution >= 0.6 is 0 Å². The molecule has 1 aliphatic heterocycles. The van der Waals surface area contributed by atoms with Gasteiger partial charge in [0.25, 0.3) is 0 Å². The van der Waals surface area contributed by atoms with Gasteiger partial charge in [0, 0.05) is 13.1 Å². The molecule has 4 nitrogen and oxygen atoms in total. The summed E-state index contributed by atoms with van der Waals surface area (Å²) in [5.41, 5.74) is 5.42. The topological polar surface area (TPSA) is 55.6 Å². The SMILES string of the molecule is C=CCCOCCN1CC(N)C1=O. The molecule has 1 fully saturated rings. The van der Waals surface area contributed by atoms with Crippen LogP contribution in [0.15, 0.2) is 12.7 Å². The zero-order valence-corrected chi connectivity index (χ0v) is 7.74. The first kappa shape index (κ1) is 10.2. The number of β-lactam (4-membered cyclic amide) rings is 1. The van der Waals surface area contributed by atoms with E-state index in [0.29, 0.717) is 26.3 Å². The lowest BCUT2D eigenvalue weighted by Crippen LogP contribution is -2.61. The van der Waals surface area contributed by atoms with Gasteiger partial charge in [-0.2, -0.15) is 0 Å². The Morgan fingerprint density at radius 2 is 2.46 bits per heavy atom. The Balaban J connectivity index is 1.95. The molecule has 1 rings (SSSR count). The molecule has 1 heterocycles. The second-order valence-electron chi connectivity index (χ2n) is 3.08. The summed E-state index contributed by atoms with van der Waals surface area (Å²) in [5, 5.41) is 0. The fourth-order valence-corrected chi connectivity index (χ4v) is 1.17. The minimum absolute atomic E-state index is 0.0346. The van der Waals surface area contributed by atoms with Gasteiger partial charge in [-0.3, -0.25) is 4.79 Å². The number of nitrogens with zero attached hydrogens (tertiary/aromatic N) is 1. The molecule has 0 aromatic carbocycles. The van der Waals surface area contributed by atoms with Crippen LogP contribution in [-0.2, 0) is 9.53 Å². The van der Waals surface area contributed by atoms with Gasteiger partial charge < -0.3 is 15.4 Å². The van der Waals surface area contributed by atoms with Crippen molar-refractivity contribution >= 4 is 5.91 Å². The minimum atomic E-state index is -0.270. The fourth-order valence-electron chi connectivity index (χ4n) is 1.17. The van der Waals surface area contributed by atoms with E-state index in [1.54, 1.807) is 4.90 Å². The second-order valence-corrected chi connectivity index (χ2v) is 3.08. The molecule has 1 atom stereocenters. The normalized spacial score (nSPS) is 21.5. The van der Waals surface area contributed by atoms with Crippen molar-refractivity contribution in [3.8, 4) is 0 Å². The van der Waals surface area contributed by atoms with Crippen LogP contribution in [0.25, 0.3) is 0 Å². The number of carbonyl (C=O) groups is 1. The number of amides is 1. The molecule has 0 aliphatic carbocycles. The molecular weight excluding hydrogens is 168 g/mol. The predicted molar refractivity (Wildman–Crippen MR) is 50.2 cm³/mol. The highest BCUT2D eigenvalue weighted by Crippen LogP contribution is 2.06. The Morgan fingerprint density at radius 3 is 3.00 bits per heavy atom. The van der Waals surface area contributed by atoms with Crippen LogP contribution in [0.2, 0.25) is 0 Å². The molecule has 13 heavy (non-hydrogen) atoms. The highest BCUT2D eigenvalue weighted by Gasteiger charge is 2.32. The van der Waals surface area contributed by atoms with E-state index in [9.17, 15) is 4.79 Å². The van der Waals surface area contributed by atoms with Crippen molar-refractivity contribution in [3.63, 3.8) is 0 Å². The van der Waals surface area contributed by atoms with E-state index in [-0.39, 0.29) is 11.9 Å². The summed E-state index contributed by atoms with van der Waals surface area (Å²) in [6.45, 7) is 6.18. The van der Waals surface area contributed by atoms with Gasteiger partial charge in [0.2, 0.25) is 5.91 Å². The summed E-state index contributed by atoms with van der Waals surface area (Å²) >= 11 is 0. The maximum Gasteiger partial charge on any atom is 0.241 e. The summed E-state index contributed by atoms with van der Waals surface area (Å²) in [5.74, 6) is 0.0346. The Kier molecular flexibility index (Phi) is 3.92. The van der Waals surface area contributed by atoms with Gasteiger partial charge in [-0.15, -0.1) is 6.58 Å². The van der Waals surface area contributed by atoms with Crippen LogP contribution in [0.5, 0.6) is 0 Å². The largest absolute Gasteiger partial charge is 0.379 e. The number of rotatable bonds is 6. The lowest BCUT2D eigenvalue weighted by molar-refractivity contribution is -0.143. The number of nitrogens with two attached hydrogens (primary N) is 1. The standard InChI is InChI=1S/C9H16N2O2/c1-2-3-5-13-6-4-11-7-8(10)9(11)12/h2,8H,1,3-7,10H2. The smallest absolute Gasteiger partial charge is 0.241 e. The van der Waals surface area contributed by atoms with Gasteiger partial charge >= 0.3 is 0 Å². The Labute approximate surface area is 78.3 Å². The van der Waals surface area contributed by atoms with E-state index in [2.05, 4.69) is 6.58 Å². The number of ether oxygens (including phenoxy) is 1. The third kappa shape index (κ3) is 2.82. The Bertz CT molecular complexity index is 194. The van der Waals surface area contributed by atoms with Crippen LogP contribution < -0.4 is 5.73 Å². The molecule has 1 amide bonds. The number of carbonyl (C=O) groups excluding carboxylic acids is 1. The summed E-state index contributed by atoms with van der Waals surface area (Å²) < 4.78 is 5.26. The van der Waals surface area contributed by atoms with Crippen molar-refractivity contribution in [2.24, 2.45) is 5.73 Å². The van der Waals surface area contributed by atoms with Crippen LogP contribution in [0, 0.1) is 0 Å². The van der Waals surface area contributed by atoms with Crippen molar-refractivity contribution in [1.82, 2.24) is 4.90 Å². The third-order valence-electron chi connectivity index (χ3n) is 2.02. The molecule has 0 aromatic heterocycles. The lowest BCUT2D eigenvalue weighted by Gasteiger charge is -2.35. The average molecular weight is 184 g/mol. The molecule has 0 radical (unpaired) electrons. The van der Waals surface area contributed by atoms with Gasteiger partial charge in [0.1, 0.15) is 6.04 Å². The molecule has 1 unspecified atom stereocenters. The lowest BCUT2D eigenvalue weighted by atomic mass is 10.1. The van der Waals surface area contributed by atoms with Crippen molar-refractivity contribution in [2.45, 2.75) is 12.5 Å². The predicted octanol–water partition coefficient (Wildman–Crippen LogP) is -0.251. The van der Waals surface area contributed by atoms with E-state index in [0.717, 1.165) is 6.42 Å². The van der Waals surface area contributed by atoms with Gasteiger partial charge in [0.15, 0.2) is 0 Å². The molecule has 1 saturated heterocycles. The van der Waals surface area contributed by atoms with Crippen molar-refractivity contribution in [3.05, 3.63) is 12.7 Å². The second kappa shape index (κ2) is 4.99. The monoisotopic (exact) mass is 184 g/mol. The van der Waals surface area contributed by atoms with E-state index < -0.39 is 0 Å². The van der Waals surface area contributed by atoms with Crippen LogP contribution in [0.1, 0.15) is 6.42 Å². The van der Waals surface area contributed by atoms with Crippen LogP contribution in [0.3, 0.4) is 0 Å². The first-order chi connectivity index (χ1) is 6.25.